The Bertz CT molecular complexity index is 447. The Morgan fingerprint density at radius 2 is 1.93 bits per heavy atom. The summed E-state index contributed by atoms with van der Waals surface area (Å²) in [6.45, 7) is 0. The van der Waals surface area contributed by atoms with Gasteiger partial charge in [-0.2, -0.15) is 0 Å². The number of nitrogen functional groups attached to an aromatic ring is 1. The number of anilines is 1. The molecule has 1 rings (SSSR count). The number of hydrogen-bond donors (Lipinski definition) is 2. The van der Waals surface area contributed by atoms with Gasteiger partial charge >= 0.3 is 29.6 Å². The summed E-state index contributed by atoms with van der Waals surface area (Å²) in [4.78, 5) is -0.680. The molecule has 0 aliphatic carbocycles. The number of phenolic OH excluding ortho intramolecular Hbond substituents is 1. The average molecular weight is 246 g/mol. The van der Waals surface area contributed by atoms with Gasteiger partial charge in [0.25, 0.3) is 0 Å². The normalized spacial score (nSPS) is 10.7. The van der Waals surface area contributed by atoms with Gasteiger partial charge in [0.05, 0.1) is 15.6 Å². The van der Waals surface area contributed by atoms with E-state index in [9.17, 15) is 13.0 Å². The third kappa shape index (κ3) is 3.01. The molecule has 0 aliphatic heterocycles. The van der Waals surface area contributed by atoms with E-state index in [2.05, 4.69) is 0 Å². The molecule has 0 saturated heterocycles. The van der Waals surface area contributed by atoms with Crippen LogP contribution in [-0.4, -0.2) is 18.1 Å². The smallest absolute Gasteiger partial charge is 0.744 e. The van der Waals surface area contributed by atoms with Crippen LogP contribution in [0.2, 0.25) is 5.02 Å². The second-order valence-corrected chi connectivity index (χ2v) is 4.05. The fourth-order valence-corrected chi connectivity index (χ4v) is 1.76. The van der Waals surface area contributed by atoms with E-state index in [1.165, 1.54) is 0 Å². The molecule has 1 aromatic rings. The minimum absolute atomic E-state index is 0. The zero-order valence-electron chi connectivity index (χ0n) is 7.19. The summed E-state index contributed by atoms with van der Waals surface area (Å²) in [6, 6.07) is 1.72. The van der Waals surface area contributed by atoms with Gasteiger partial charge in [0.15, 0.2) is 0 Å². The molecule has 0 atom stereocenters. The predicted molar refractivity (Wildman–Crippen MR) is 45.5 cm³/mol. The monoisotopic (exact) mass is 245 g/mol. The molecule has 72 valence electrons. The van der Waals surface area contributed by atoms with E-state index >= 15 is 0 Å². The third-order valence-corrected chi connectivity index (χ3v) is 2.65. The van der Waals surface area contributed by atoms with E-state index in [-0.39, 0.29) is 40.3 Å². The van der Waals surface area contributed by atoms with Crippen molar-refractivity contribution in [2.45, 2.75) is 4.90 Å². The summed E-state index contributed by atoms with van der Waals surface area (Å²) in [5.41, 5.74) is 5.12. The van der Waals surface area contributed by atoms with Crippen LogP contribution in [0.3, 0.4) is 0 Å². The molecule has 5 nitrogen and oxygen atoms in total. The summed E-state index contributed by atoms with van der Waals surface area (Å²) in [6.07, 6.45) is 0. The van der Waals surface area contributed by atoms with Gasteiger partial charge in [-0.15, -0.1) is 0 Å². The zero-order valence-corrected chi connectivity index (χ0v) is 10.8. The summed E-state index contributed by atoms with van der Waals surface area (Å²) >= 11 is 5.42. The van der Waals surface area contributed by atoms with Gasteiger partial charge in [0.2, 0.25) is 0 Å². The SMILES string of the molecule is Nc1cc(Cl)c(S(=O)(=O)[O-])cc1O.[Na+]. The van der Waals surface area contributed by atoms with Gasteiger partial charge in [-0.05, 0) is 6.07 Å². The Morgan fingerprint density at radius 1 is 1.43 bits per heavy atom. The summed E-state index contributed by atoms with van der Waals surface area (Å²) in [5, 5.41) is 8.70. The Morgan fingerprint density at radius 3 is 2.36 bits per heavy atom. The van der Waals surface area contributed by atoms with Crippen LogP contribution in [0.1, 0.15) is 0 Å². The molecule has 8 heteroatoms. The second-order valence-electron chi connectivity index (χ2n) is 2.30. The van der Waals surface area contributed by atoms with Gasteiger partial charge in [-0.25, -0.2) is 8.42 Å². The molecule has 3 N–H and O–H groups in total. The maximum absolute atomic E-state index is 10.5. The molecule has 0 bridgehead atoms. The maximum Gasteiger partial charge on any atom is 1.00 e. The molecular weight excluding hydrogens is 241 g/mol. The Balaban J connectivity index is 0.00000169. The van der Waals surface area contributed by atoms with Crippen LogP contribution >= 0.6 is 11.6 Å². The van der Waals surface area contributed by atoms with Crippen LogP contribution in [0.4, 0.5) is 5.69 Å². The molecule has 0 saturated carbocycles. The molecule has 0 aromatic heterocycles. The molecule has 0 unspecified atom stereocenters. The maximum atomic E-state index is 10.5. The van der Waals surface area contributed by atoms with E-state index in [0.29, 0.717) is 0 Å². The zero-order chi connectivity index (χ0) is 10.2. The molecule has 0 amide bonds. The number of rotatable bonds is 1. The average Bonchev–Trinajstić information content (AvgIpc) is 1.94. The van der Waals surface area contributed by atoms with Crippen LogP contribution in [0.15, 0.2) is 17.0 Å². The minimum atomic E-state index is -4.67. The molecule has 14 heavy (non-hydrogen) atoms. The number of hydrogen-bond acceptors (Lipinski definition) is 5. The van der Waals surface area contributed by atoms with Crippen molar-refractivity contribution in [1.82, 2.24) is 0 Å². The van der Waals surface area contributed by atoms with E-state index < -0.39 is 20.8 Å². The number of halogens is 1. The van der Waals surface area contributed by atoms with Crippen LogP contribution in [0.25, 0.3) is 0 Å². The molecular formula is C6H5ClNNaO4S. The van der Waals surface area contributed by atoms with Crippen LogP contribution in [0, 0.1) is 0 Å². The van der Waals surface area contributed by atoms with Crippen molar-refractivity contribution in [3.63, 3.8) is 0 Å². The van der Waals surface area contributed by atoms with E-state index in [4.69, 9.17) is 22.4 Å². The number of aromatic hydroxyl groups is 1. The van der Waals surface area contributed by atoms with E-state index in [1.807, 2.05) is 0 Å². The van der Waals surface area contributed by atoms with Crippen LogP contribution in [0.5, 0.6) is 5.75 Å². The molecule has 1 aromatic carbocycles. The molecule has 0 spiro atoms. The van der Waals surface area contributed by atoms with Gasteiger partial charge < -0.3 is 15.4 Å². The van der Waals surface area contributed by atoms with E-state index in [0.717, 1.165) is 12.1 Å². The van der Waals surface area contributed by atoms with Crippen molar-refractivity contribution in [3.05, 3.63) is 17.2 Å². The van der Waals surface area contributed by atoms with Crippen molar-refractivity contribution < 1.29 is 47.6 Å². The predicted octanol–water partition coefficient (Wildman–Crippen LogP) is -2.46. The number of nitrogens with two attached hydrogens (primary N) is 1. The fraction of sp³-hybridized carbons (Fsp3) is 0. The van der Waals surface area contributed by atoms with Gasteiger partial charge in [-0.3, -0.25) is 0 Å². The first-order chi connectivity index (χ1) is 5.82. The van der Waals surface area contributed by atoms with Gasteiger partial charge in [0, 0.05) is 6.07 Å². The minimum Gasteiger partial charge on any atom is -0.744 e. The van der Waals surface area contributed by atoms with Crippen molar-refractivity contribution in [2.24, 2.45) is 0 Å². The molecule has 0 aliphatic rings. The molecule has 0 heterocycles. The van der Waals surface area contributed by atoms with Crippen molar-refractivity contribution in [2.75, 3.05) is 5.73 Å². The summed E-state index contributed by atoms with van der Waals surface area (Å²) in [5.74, 6) is -0.487. The largest absolute Gasteiger partial charge is 1.00 e. The van der Waals surface area contributed by atoms with Gasteiger partial charge in [0.1, 0.15) is 15.9 Å². The first-order valence-corrected chi connectivity index (χ1v) is 4.85. The van der Waals surface area contributed by atoms with Gasteiger partial charge in [-0.1, -0.05) is 11.6 Å². The topological polar surface area (TPSA) is 103 Å². The quantitative estimate of drug-likeness (QED) is 0.247. The van der Waals surface area contributed by atoms with Crippen LogP contribution < -0.4 is 35.3 Å². The second kappa shape index (κ2) is 4.69. The first-order valence-electron chi connectivity index (χ1n) is 3.06. The van der Waals surface area contributed by atoms with Crippen LogP contribution in [-0.2, 0) is 10.1 Å². The molecule has 0 radical (unpaired) electrons. The van der Waals surface area contributed by atoms with Crippen molar-refractivity contribution in [3.8, 4) is 5.75 Å². The number of phenols is 1. The van der Waals surface area contributed by atoms with Crippen molar-refractivity contribution >= 4 is 27.4 Å². The molecule has 0 fully saturated rings. The summed E-state index contributed by atoms with van der Waals surface area (Å²) < 4.78 is 31.6. The Hall–Kier alpha value is 0.0200. The van der Waals surface area contributed by atoms with Crippen molar-refractivity contribution in [1.29, 1.82) is 0 Å². The summed E-state index contributed by atoms with van der Waals surface area (Å²) in [7, 11) is -4.67. The Labute approximate surface area is 108 Å². The third-order valence-electron chi connectivity index (χ3n) is 1.35. The van der Waals surface area contributed by atoms with E-state index in [1.54, 1.807) is 0 Å². The fourth-order valence-electron chi connectivity index (χ4n) is 0.750. The first kappa shape index (κ1) is 14.0. The Kier molecular flexibility index (Phi) is 4.70. The number of benzene rings is 1. The standard InChI is InChI=1S/C6H6ClNO4S.Na/c7-3-1-4(8)5(9)2-6(3)13(10,11)12;/h1-2,9H,8H2,(H,10,11,12);/q;+1/p-1.